The summed E-state index contributed by atoms with van der Waals surface area (Å²) in [7, 11) is 1.80. The van der Waals surface area contributed by atoms with Gasteiger partial charge in [-0.25, -0.2) is 4.79 Å². The lowest BCUT2D eigenvalue weighted by Gasteiger charge is -2.15. The first-order valence-electron chi connectivity index (χ1n) is 9.70. The van der Waals surface area contributed by atoms with E-state index >= 15 is 0 Å². The van der Waals surface area contributed by atoms with E-state index in [1.807, 2.05) is 20.8 Å². The maximum atomic E-state index is 12.5. The van der Waals surface area contributed by atoms with Crippen LogP contribution in [0.15, 0.2) is 18.2 Å². The van der Waals surface area contributed by atoms with E-state index in [4.69, 9.17) is 14.2 Å². The van der Waals surface area contributed by atoms with E-state index in [0.717, 1.165) is 12.1 Å². The van der Waals surface area contributed by atoms with Crippen molar-refractivity contribution in [1.82, 2.24) is 9.78 Å². The summed E-state index contributed by atoms with van der Waals surface area (Å²) in [4.78, 5) is 25.0. The molecule has 0 aliphatic heterocycles. The Hall–Kier alpha value is -3.03. The van der Waals surface area contributed by atoms with Crippen molar-refractivity contribution < 1.29 is 23.8 Å². The third-order valence-electron chi connectivity index (χ3n) is 4.35. The second kappa shape index (κ2) is 9.95. The van der Waals surface area contributed by atoms with Crippen molar-refractivity contribution in [3.63, 3.8) is 0 Å². The summed E-state index contributed by atoms with van der Waals surface area (Å²) in [5, 5.41) is 7.03. The molecule has 0 aliphatic carbocycles. The number of carbonyl (C=O) groups excluding carboxylic acids is 2. The molecule has 0 saturated heterocycles. The Kier molecular flexibility index (Phi) is 7.64. The van der Waals surface area contributed by atoms with Gasteiger partial charge in [-0.05, 0) is 52.3 Å². The fourth-order valence-electron chi connectivity index (χ4n) is 2.70. The van der Waals surface area contributed by atoms with Gasteiger partial charge in [0.2, 0.25) is 0 Å². The number of nitrogens with zero attached hydrogens (tertiary/aromatic N) is 2. The number of anilines is 1. The Morgan fingerprint density at radius 1 is 1.17 bits per heavy atom. The van der Waals surface area contributed by atoms with Gasteiger partial charge in [0.1, 0.15) is 0 Å². The SMILES string of the molecule is CCCOc1ccc(C(=O)O[C@H](C)C(=O)Nc2c(C)nn(C)c2C)cc1OCC. The predicted molar refractivity (Wildman–Crippen MR) is 110 cm³/mol. The molecule has 8 heteroatoms. The molecule has 8 nitrogen and oxygen atoms in total. The average Bonchev–Trinajstić information content (AvgIpc) is 2.93. The molecule has 2 aromatic rings. The van der Waals surface area contributed by atoms with Gasteiger partial charge >= 0.3 is 5.97 Å². The molecule has 29 heavy (non-hydrogen) atoms. The first-order valence-corrected chi connectivity index (χ1v) is 9.70. The molecule has 0 spiro atoms. The Morgan fingerprint density at radius 2 is 1.90 bits per heavy atom. The van der Waals surface area contributed by atoms with E-state index in [2.05, 4.69) is 10.4 Å². The molecule has 0 bridgehead atoms. The van der Waals surface area contributed by atoms with Crippen LogP contribution in [0.25, 0.3) is 0 Å². The summed E-state index contributed by atoms with van der Waals surface area (Å²) in [6.45, 7) is 10.0. The number of amides is 1. The number of hydrogen-bond donors (Lipinski definition) is 1. The van der Waals surface area contributed by atoms with Crippen LogP contribution >= 0.6 is 0 Å². The number of ether oxygens (including phenoxy) is 3. The van der Waals surface area contributed by atoms with Crippen molar-refractivity contribution in [2.24, 2.45) is 7.05 Å². The van der Waals surface area contributed by atoms with E-state index in [0.29, 0.717) is 36.1 Å². The van der Waals surface area contributed by atoms with E-state index in [1.54, 1.807) is 36.9 Å². The molecule has 0 fully saturated rings. The highest BCUT2D eigenvalue weighted by Crippen LogP contribution is 2.29. The van der Waals surface area contributed by atoms with Crippen LogP contribution in [-0.2, 0) is 16.6 Å². The zero-order chi connectivity index (χ0) is 21.6. The van der Waals surface area contributed by atoms with Crippen LogP contribution in [0.5, 0.6) is 11.5 Å². The molecule has 1 aromatic carbocycles. The second-order valence-corrected chi connectivity index (χ2v) is 6.65. The molecule has 0 aliphatic rings. The van der Waals surface area contributed by atoms with Gasteiger partial charge in [0.05, 0.1) is 35.9 Å². The third kappa shape index (κ3) is 5.49. The molecule has 1 atom stereocenters. The van der Waals surface area contributed by atoms with E-state index < -0.39 is 18.0 Å². The lowest BCUT2D eigenvalue weighted by Crippen LogP contribution is -2.30. The van der Waals surface area contributed by atoms with E-state index in [1.165, 1.54) is 6.92 Å². The van der Waals surface area contributed by atoms with Crippen molar-refractivity contribution in [3.05, 3.63) is 35.2 Å². The van der Waals surface area contributed by atoms with Crippen molar-refractivity contribution in [3.8, 4) is 11.5 Å². The minimum atomic E-state index is -0.979. The monoisotopic (exact) mass is 403 g/mol. The summed E-state index contributed by atoms with van der Waals surface area (Å²) >= 11 is 0. The smallest absolute Gasteiger partial charge is 0.339 e. The molecule has 1 aromatic heterocycles. The first kappa shape index (κ1) is 22.3. The number of hydrogen-bond acceptors (Lipinski definition) is 6. The molecule has 0 radical (unpaired) electrons. The fourth-order valence-corrected chi connectivity index (χ4v) is 2.70. The maximum absolute atomic E-state index is 12.5. The van der Waals surface area contributed by atoms with Crippen molar-refractivity contribution in [1.29, 1.82) is 0 Å². The molecule has 2 rings (SSSR count). The molecule has 0 saturated carbocycles. The maximum Gasteiger partial charge on any atom is 0.339 e. The number of aromatic nitrogens is 2. The summed E-state index contributed by atoms with van der Waals surface area (Å²) in [6, 6.07) is 4.83. The average molecular weight is 403 g/mol. The lowest BCUT2D eigenvalue weighted by atomic mass is 10.2. The van der Waals surface area contributed by atoms with Gasteiger partial charge in [0.15, 0.2) is 17.6 Å². The Bertz CT molecular complexity index is 875. The Labute approximate surface area is 171 Å². The van der Waals surface area contributed by atoms with Crippen molar-refractivity contribution in [2.45, 2.75) is 47.1 Å². The highest BCUT2D eigenvalue weighted by molar-refractivity contribution is 5.98. The van der Waals surface area contributed by atoms with Gasteiger partial charge in [-0.3, -0.25) is 9.48 Å². The zero-order valence-electron chi connectivity index (χ0n) is 17.9. The van der Waals surface area contributed by atoms with Gasteiger partial charge in [-0.15, -0.1) is 0 Å². The number of nitrogens with one attached hydrogen (secondary N) is 1. The van der Waals surface area contributed by atoms with Crippen molar-refractivity contribution in [2.75, 3.05) is 18.5 Å². The number of aryl methyl sites for hydroxylation is 2. The predicted octanol–water partition coefficient (Wildman–Crippen LogP) is 3.41. The summed E-state index contributed by atoms with van der Waals surface area (Å²) in [6.07, 6.45) is -0.120. The van der Waals surface area contributed by atoms with Gasteiger partial charge in [0, 0.05) is 7.05 Å². The summed E-state index contributed by atoms with van der Waals surface area (Å²) < 4.78 is 18.2. The van der Waals surface area contributed by atoms with E-state index in [-0.39, 0.29) is 5.56 Å². The van der Waals surface area contributed by atoms with Crippen LogP contribution in [0.1, 0.15) is 48.9 Å². The molecule has 158 valence electrons. The van der Waals surface area contributed by atoms with Crippen LogP contribution in [0.2, 0.25) is 0 Å². The Morgan fingerprint density at radius 3 is 2.48 bits per heavy atom. The Balaban J connectivity index is 2.08. The van der Waals surface area contributed by atoms with Crippen LogP contribution in [0, 0.1) is 13.8 Å². The van der Waals surface area contributed by atoms with Crippen LogP contribution in [0.3, 0.4) is 0 Å². The topological polar surface area (TPSA) is 91.7 Å². The fraction of sp³-hybridized carbons (Fsp3) is 0.476. The third-order valence-corrected chi connectivity index (χ3v) is 4.35. The quantitative estimate of drug-likeness (QED) is 0.645. The summed E-state index contributed by atoms with van der Waals surface area (Å²) in [5.41, 5.74) is 2.42. The standard InChI is InChI=1S/C21H29N3O5/c1-7-11-28-17-10-9-16(12-18(17)27-8-2)21(26)29-15(5)20(25)22-19-13(3)23-24(6)14(19)4/h9-10,12,15H,7-8,11H2,1-6H3,(H,22,25)/t15-/m1/s1. The van der Waals surface area contributed by atoms with Crippen LogP contribution < -0.4 is 14.8 Å². The zero-order valence-corrected chi connectivity index (χ0v) is 17.9. The molecule has 1 amide bonds. The minimum Gasteiger partial charge on any atom is -0.490 e. The molecular weight excluding hydrogens is 374 g/mol. The van der Waals surface area contributed by atoms with E-state index in [9.17, 15) is 9.59 Å². The number of carbonyl (C=O) groups is 2. The number of rotatable bonds is 9. The number of benzene rings is 1. The highest BCUT2D eigenvalue weighted by atomic mass is 16.5. The van der Waals surface area contributed by atoms with Crippen molar-refractivity contribution >= 4 is 17.6 Å². The van der Waals surface area contributed by atoms with Gasteiger partial charge in [0.25, 0.3) is 5.91 Å². The molecule has 0 unspecified atom stereocenters. The largest absolute Gasteiger partial charge is 0.490 e. The normalized spacial score (nSPS) is 11.7. The second-order valence-electron chi connectivity index (χ2n) is 6.65. The minimum absolute atomic E-state index is 0.283. The molecular formula is C21H29N3O5. The van der Waals surface area contributed by atoms with Gasteiger partial charge < -0.3 is 19.5 Å². The molecule has 1 N–H and O–H groups in total. The number of esters is 1. The van der Waals surface area contributed by atoms with Gasteiger partial charge in [-0.1, -0.05) is 6.92 Å². The van der Waals surface area contributed by atoms with Crippen LogP contribution in [0.4, 0.5) is 5.69 Å². The first-order chi connectivity index (χ1) is 13.8. The molecule has 1 heterocycles. The van der Waals surface area contributed by atoms with Gasteiger partial charge in [-0.2, -0.15) is 5.10 Å². The van der Waals surface area contributed by atoms with Crippen LogP contribution in [-0.4, -0.2) is 41.0 Å². The highest BCUT2D eigenvalue weighted by Gasteiger charge is 2.22. The lowest BCUT2D eigenvalue weighted by molar-refractivity contribution is -0.123. The summed E-state index contributed by atoms with van der Waals surface area (Å²) in [5.74, 6) is -0.00607.